The van der Waals surface area contributed by atoms with Gasteiger partial charge in [-0.3, -0.25) is 9.59 Å². The number of unbranched alkanes of at least 4 members (excludes halogenated alkanes) is 19. The fourth-order valence-corrected chi connectivity index (χ4v) is 6.11. The molecule has 4 heteroatoms. The molecule has 1 atom stereocenters. The number of ether oxygens (including phenoxy) is 1. The molecule has 1 unspecified atom stereocenters. The summed E-state index contributed by atoms with van der Waals surface area (Å²) in [7, 11) is 0. The summed E-state index contributed by atoms with van der Waals surface area (Å²) >= 11 is 0. The van der Waals surface area contributed by atoms with Crippen LogP contribution in [0.3, 0.4) is 0 Å². The van der Waals surface area contributed by atoms with Gasteiger partial charge >= 0.3 is 11.9 Å². The standard InChI is InChI=1S/C46H80O4/c1-3-5-7-9-11-13-15-17-19-20-22-24-26-28-30-35-39-43-46(49)50-44(41-37-33-31-34-38-42-45(47)48)40-36-32-29-27-25-23-21-18-16-14-12-10-8-6-4-2/h5,7,11,13,17,19,22-25,44H,3-4,6,8-10,12,14-16,18,20-21,26-43H2,1-2H3,(H,47,48)/b7-5-,13-11-,19-17-,24-22-,25-23-. The molecule has 0 aromatic rings. The molecule has 0 amide bonds. The van der Waals surface area contributed by atoms with Gasteiger partial charge in [0.1, 0.15) is 6.10 Å². The first-order chi connectivity index (χ1) is 24.6. The summed E-state index contributed by atoms with van der Waals surface area (Å²) < 4.78 is 6.00. The molecule has 0 aliphatic carbocycles. The molecule has 1 N–H and O–H groups in total. The van der Waals surface area contributed by atoms with Crippen molar-refractivity contribution in [3.63, 3.8) is 0 Å². The number of aliphatic carboxylic acids is 1. The van der Waals surface area contributed by atoms with Crippen LogP contribution in [-0.2, 0) is 14.3 Å². The number of carboxylic acid groups (broad SMARTS) is 1. The molecule has 4 nitrogen and oxygen atoms in total. The number of rotatable bonds is 38. The highest BCUT2D eigenvalue weighted by Crippen LogP contribution is 2.18. The van der Waals surface area contributed by atoms with Gasteiger partial charge in [-0.15, -0.1) is 0 Å². The van der Waals surface area contributed by atoms with Crippen molar-refractivity contribution in [2.45, 2.75) is 219 Å². The summed E-state index contributed by atoms with van der Waals surface area (Å²) in [5.41, 5.74) is 0. The van der Waals surface area contributed by atoms with E-state index in [0.717, 1.165) is 109 Å². The van der Waals surface area contributed by atoms with E-state index in [-0.39, 0.29) is 18.5 Å². The Hall–Kier alpha value is -2.36. The summed E-state index contributed by atoms with van der Waals surface area (Å²) in [6.45, 7) is 4.44. The van der Waals surface area contributed by atoms with Crippen molar-refractivity contribution in [2.24, 2.45) is 0 Å². The number of hydrogen-bond acceptors (Lipinski definition) is 3. The molecule has 0 rings (SSSR count). The van der Waals surface area contributed by atoms with Crippen molar-refractivity contribution < 1.29 is 19.4 Å². The minimum atomic E-state index is -0.707. The Balaban J connectivity index is 4.12. The molecule has 0 aliphatic rings. The molecular formula is C46H80O4. The van der Waals surface area contributed by atoms with Gasteiger partial charge in [0.05, 0.1) is 0 Å². The maximum Gasteiger partial charge on any atom is 0.306 e. The largest absolute Gasteiger partial charge is 0.481 e. The molecule has 0 saturated carbocycles. The molecule has 0 aromatic heterocycles. The molecular weight excluding hydrogens is 617 g/mol. The van der Waals surface area contributed by atoms with Crippen LogP contribution in [0.25, 0.3) is 0 Å². The molecule has 0 saturated heterocycles. The number of carboxylic acids is 1. The van der Waals surface area contributed by atoms with Gasteiger partial charge in [-0.25, -0.2) is 0 Å². The quantitative estimate of drug-likeness (QED) is 0.0396. The third-order valence-corrected chi connectivity index (χ3v) is 9.22. The zero-order chi connectivity index (χ0) is 36.4. The van der Waals surface area contributed by atoms with Crippen LogP contribution in [-0.4, -0.2) is 23.1 Å². The molecule has 0 aliphatic heterocycles. The monoisotopic (exact) mass is 697 g/mol. The summed E-state index contributed by atoms with van der Waals surface area (Å²) in [5.74, 6) is -0.735. The van der Waals surface area contributed by atoms with E-state index in [1.165, 1.54) is 77.0 Å². The number of carbonyl (C=O) groups is 2. The van der Waals surface area contributed by atoms with Crippen LogP contribution in [0.1, 0.15) is 213 Å². The van der Waals surface area contributed by atoms with E-state index >= 15 is 0 Å². The van der Waals surface area contributed by atoms with Crippen LogP contribution in [0, 0.1) is 0 Å². The highest BCUT2D eigenvalue weighted by Gasteiger charge is 2.14. The van der Waals surface area contributed by atoms with Gasteiger partial charge in [0.15, 0.2) is 0 Å². The van der Waals surface area contributed by atoms with Gasteiger partial charge in [-0.2, -0.15) is 0 Å². The lowest BCUT2D eigenvalue weighted by atomic mass is 10.0. The topological polar surface area (TPSA) is 63.6 Å². The number of esters is 1. The lowest BCUT2D eigenvalue weighted by Crippen LogP contribution is -2.18. The lowest BCUT2D eigenvalue weighted by molar-refractivity contribution is -0.150. The van der Waals surface area contributed by atoms with Crippen molar-refractivity contribution >= 4 is 11.9 Å². The second kappa shape index (κ2) is 41.1. The van der Waals surface area contributed by atoms with Crippen molar-refractivity contribution in [3.05, 3.63) is 60.8 Å². The second-order valence-corrected chi connectivity index (χ2v) is 14.1. The van der Waals surface area contributed by atoms with Gasteiger partial charge in [0.2, 0.25) is 0 Å². The van der Waals surface area contributed by atoms with E-state index in [2.05, 4.69) is 74.6 Å². The highest BCUT2D eigenvalue weighted by molar-refractivity contribution is 5.69. The first-order valence-electron chi connectivity index (χ1n) is 21.3. The van der Waals surface area contributed by atoms with Gasteiger partial charge in [0, 0.05) is 12.8 Å². The SMILES string of the molecule is CC/C=C\C/C=C\C/C=C\C/C=C\CCCCCCC(=O)OC(CCCCC/C=C\CCCCCCCCCC)CCCCCCCC(=O)O. The fraction of sp³-hybridized carbons (Fsp3) is 0.739. The average molecular weight is 697 g/mol. The minimum Gasteiger partial charge on any atom is -0.481 e. The van der Waals surface area contributed by atoms with Crippen LogP contribution < -0.4 is 0 Å². The molecule has 50 heavy (non-hydrogen) atoms. The first kappa shape index (κ1) is 47.6. The Kier molecular flexibility index (Phi) is 39.1. The van der Waals surface area contributed by atoms with Crippen molar-refractivity contribution in [1.82, 2.24) is 0 Å². The third-order valence-electron chi connectivity index (χ3n) is 9.22. The number of carbonyl (C=O) groups excluding carboxylic acids is 1. The van der Waals surface area contributed by atoms with E-state index in [9.17, 15) is 9.59 Å². The van der Waals surface area contributed by atoms with Gasteiger partial charge in [-0.05, 0) is 103 Å². The van der Waals surface area contributed by atoms with E-state index in [0.29, 0.717) is 6.42 Å². The van der Waals surface area contributed by atoms with E-state index in [1.807, 2.05) is 0 Å². The molecule has 0 spiro atoms. The van der Waals surface area contributed by atoms with Gasteiger partial charge in [0.25, 0.3) is 0 Å². The van der Waals surface area contributed by atoms with Crippen LogP contribution in [0.4, 0.5) is 0 Å². The summed E-state index contributed by atoms with van der Waals surface area (Å²) in [4.78, 5) is 23.4. The van der Waals surface area contributed by atoms with E-state index in [1.54, 1.807) is 0 Å². The first-order valence-corrected chi connectivity index (χ1v) is 21.3. The fourth-order valence-electron chi connectivity index (χ4n) is 6.11. The molecule has 0 fully saturated rings. The number of allylic oxidation sites excluding steroid dienone is 10. The Morgan fingerprint density at radius 1 is 0.460 bits per heavy atom. The molecule has 288 valence electrons. The summed E-state index contributed by atoms with van der Waals surface area (Å²) in [6.07, 6.45) is 56.7. The molecule has 0 heterocycles. The zero-order valence-electron chi connectivity index (χ0n) is 32.9. The van der Waals surface area contributed by atoms with Crippen molar-refractivity contribution in [2.75, 3.05) is 0 Å². The third kappa shape index (κ3) is 40.1. The molecule has 0 radical (unpaired) electrons. The Labute approximate surface area is 310 Å². The molecule has 0 bridgehead atoms. The van der Waals surface area contributed by atoms with Crippen LogP contribution in [0.15, 0.2) is 60.8 Å². The normalized spacial score (nSPS) is 12.8. The van der Waals surface area contributed by atoms with Crippen molar-refractivity contribution in [1.29, 1.82) is 0 Å². The van der Waals surface area contributed by atoms with E-state index in [4.69, 9.17) is 9.84 Å². The highest BCUT2D eigenvalue weighted by atomic mass is 16.5. The van der Waals surface area contributed by atoms with Gasteiger partial charge in [-0.1, -0.05) is 158 Å². The second-order valence-electron chi connectivity index (χ2n) is 14.1. The van der Waals surface area contributed by atoms with Crippen molar-refractivity contribution in [3.8, 4) is 0 Å². The molecule has 0 aromatic carbocycles. The van der Waals surface area contributed by atoms with Crippen LogP contribution >= 0.6 is 0 Å². The Bertz CT molecular complexity index is 881. The lowest BCUT2D eigenvalue weighted by Gasteiger charge is -2.18. The van der Waals surface area contributed by atoms with Crippen LogP contribution in [0.5, 0.6) is 0 Å². The smallest absolute Gasteiger partial charge is 0.306 e. The van der Waals surface area contributed by atoms with Gasteiger partial charge < -0.3 is 9.84 Å². The van der Waals surface area contributed by atoms with Crippen LogP contribution in [0.2, 0.25) is 0 Å². The Morgan fingerprint density at radius 2 is 0.840 bits per heavy atom. The predicted octanol–water partition coefficient (Wildman–Crippen LogP) is 14.9. The summed E-state index contributed by atoms with van der Waals surface area (Å²) in [5, 5.41) is 8.84. The maximum atomic E-state index is 12.7. The van der Waals surface area contributed by atoms with E-state index < -0.39 is 5.97 Å². The summed E-state index contributed by atoms with van der Waals surface area (Å²) in [6, 6.07) is 0. The predicted molar refractivity (Wildman–Crippen MR) is 218 cm³/mol. The average Bonchev–Trinajstić information content (AvgIpc) is 3.10. The zero-order valence-corrected chi connectivity index (χ0v) is 32.9. The Morgan fingerprint density at radius 3 is 1.34 bits per heavy atom. The number of hydrogen-bond donors (Lipinski definition) is 1. The maximum absolute atomic E-state index is 12.7. The minimum absolute atomic E-state index is 0.0252.